The Bertz CT molecular complexity index is 371. The zero-order chi connectivity index (χ0) is 16.9. The number of alkyl halides is 1. The number of nitrogens with zero attached hydrogens (tertiary/aromatic N) is 2. The minimum absolute atomic E-state index is 0.0370. The van der Waals surface area contributed by atoms with Crippen LogP contribution in [0.25, 0.3) is 0 Å². The lowest BCUT2D eigenvalue weighted by molar-refractivity contribution is -0.136. The molecule has 22 heavy (non-hydrogen) atoms. The van der Waals surface area contributed by atoms with E-state index >= 15 is 0 Å². The maximum Gasteiger partial charge on any atom is 0.224 e. The highest BCUT2D eigenvalue weighted by Gasteiger charge is 2.29. The number of rotatable bonds is 7. The van der Waals surface area contributed by atoms with E-state index in [0.717, 1.165) is 0 Å². The van der Waals surface area contributed by atoms with E-state index in [9.17, 15) is 14.0 Å². The summed E-state index contributed by atoms with van der Waals surface area (Å²) in [7, 11) is 1.59. The third-order valence-corrected chi connectivity index (χ3v) is 4.70. The Morgan fingerprint density at radius 3 is 2.36 bits per heavy atom. The molecule has 0 aromatic heterocycles. The molecule has 1 fully saturated rings. The Balaban J connectivity index is 2.54. The van der Waals surface area contributed by atoms with Gasteiger partial charge in [0.2, 0.25) is 5.91 Å². The van der Waals surface area contributed by atoms with Crippen LogP contribution in [0.1, 0.15) is 59.8 Å². The normalized spacial score (nSPS) is 24.8. The van der Waals surface area contributed by atoms with E-state index in [-0.39, 0.29) is 12.3 Å². The highest BCUT2D eigenvalue weighted by Crippen LogP contribution is 2.23. The molecule has 0 radical (unpaired) electrons. The van der Waals surface area contributed by atoms with Crippen LogP contribution in [0.3, 0.4) is 0 Å². The highest BCUT2D eigenvalue weighted by molar-refractivity contribution is 5.79. The Morgan fingerprint density at radius 1 is 1.36 bits per heavy atom. The second kappa shape index (κ2) is 8.04. The quantitative estimate of drug-likeness (QED) is 0.679. The largest absolute Gasteiger partial charge is 0.336 e. The van der Waals surface area contributed by atoms with E-state index in [1.165, 1.54) is 38.0 Å². The number of halogens is 1. The summed E-state index contributed by atoms with van der Waals surface area (Å²) in [4.78, 5) is 27.2. The van der Waals surface area contributed by atoms with E-state index < -0.39 is 11.7 Å². The summed E-state index contributed by atoms with van der Waals surface area (Å²) in [6.45, 7) is 7.96. The van der Waals surface area contributed by atoms with Crippen LogP contribution in [0.5, 0.6) is 0 Å². The molecule has 3 atom stereocenters. The average Bonchev–Trinajstić information content (AvgIpc) is 2.42. The first-order chi connectivity index (χ1) is 10.2. The molecule has 128 valence electrons. The van der Waals surface area contributed by atoms with Crippen LogP contribution in [0.2, 0.25) is 0 Å². The van der Waals surface area contributed by atoms with Crippen molar-refractivity contribution in [2.75, 3.05) is 13.6 Å². The molecule has 0 aromatic carbocycles. The number of carbonyl (C=O) groups is 2. The first kappa shape index (κ1) is 19.1. The summed E-state index contributed by atoms with van der Waals surface area (Å²) in [6.07, 6.45) is 4.66. The Morgan fingerprint density at radius 2 is 1.91 bits per heavy atom. The van der Waals surface area contributed by atoms with Crippen LogP contribution >= 0.6 is 0 Å². The fraction of sp³-hybridized carbons (Fsp3) is 0.882. The van der Waals surface area contributed by atoms with E-state index in [1.807, 2.05) is 0 Å². The number of hydrogen-bond acceptors (Lipinski definition) is 3. The molecule has 1 aliphatic rings. The molecule has 1 heterocycles. The zero-order valence-corrected chi connectivity index (χ0v) is 14.6. The predicted octanol–water partition coefficient (Wildman–Crippen LogP) is 2.80. The van der Waals surface area contributed by atoms with Gasteiger partial charge >= 0.3 is 0 Å². The molecule has 1 amide bonds. The van der Waals surface area contributed by atoms with E-state index in [2.05, 4.69) is 18.7 Å². The van der Waals surface area contributed by atoms with Gasteiger partial charge in [0.15, 0.2) is 0 Å². The van der Waals surface area contributed by atoms with E-state index in [1.54, 1.807) is 7.05 Å². The molecular formula is C17H31FN2O2. The Kier molecular flexibility index (Phi) is 6.98. The van der Waals surface area contributed by atoms with Gasteiger partial charge in [-0.05, 0) is 40.5 Å². The van der Waals surface area contributed by atoms with Crippen LogP contribution in [0.4, 0.5) is 4.39 Å². The molecule has 0 spiro atoms. The first-order valence-corrected chi connectivity index (χ1v) is 8.31. The maximum atomic E-state index is 13.7. The number of amides is 1. The zero-order valence-electron chi connectivity index (χ0n) is 14.6. The smallest absolute Gasteiger partial charge is 0.224 e. The van der Waals surface area contributed by atoms with Crippen molar-refractivity contribution in [3.63, 3.8) is 0 Å². The van der Waals surface area contributed by atoms with Crippen LogP contribution in [-0.2, 0) is 9.59 Å². The average molecular weight is 314 g/mol. The number of likely N-dealkylation sites (tertiary alicyclic amines) is 1. The van der Waals surface area contributed by atoms with Gasteiger partial charge in [-0.1, -0.05) is 6.42 Å². The van der Waals surface area contributed by atoms with Gasteiger partial charge in [0.05, 0.1) is 6.04 Å². The van der Waals surface area contributed by atoms with Crippen LogP contribution in [0, 0.1) is 0 Å². The molecule has 0 N–H and O–H groups in total. The summed E-state index contributed by atoms with van der Waals surface area (Å²) in [5.41, 5.74) is -1.46. The molecule has 1 aliphatic heterocycles. The molecular weight excluding hydrogens is 283 g/mol. The van der Waals surface area contributed by atoms with E-state index in [0.29, 0.717) is 31.3 Å². The molecule has 0 saturated carbocycles. The third kappa shape index (κ3) is 5.67. The molecule has 0 aromatic rings. The van der Waals surface area contributed by atoms with Gasteiger partial charge < -0.3 is 9.69 Å². The van der Waals surface area contributed by atoms with E-state index in [4.69, 9.17) is 0 Å². The van der Waals surface area contributed by atoms with Gasteiger partial charge in [0, 0.05) is 38.5 Å². The summed E-state index contributed by atoms with van der Waals surface area (Å²) < 4.78 is 13.7. The molecule has 1 saturated heterocycles. The standard InChI is InChI=1S/C17H31FN2O2/c1-13-7-6-8-14(2)20(13)10-9-16(22)19(5)15(12-21)11-17(3,4)18/h12-15H,6-11H2,1-5H3. The van der Waals surface area contributed by atoms with Crippen LogP contribution in [-0.4, -0.2) is 59.4 Å². The second-order valence-corrected chi connectivity index (χ2v) is 7.25. The number of hydrogen-bond donors (Lipinski definition) is 0. The molecule has 3 unspecified atom stereocenters. The third-order valence-electron chi connectivity index (χ3n) is 4.70. The molecule has 1 rings (SSSR count). The Labute approximate surface area is 134 Å². The highest BCUT2D eigenvalue weighted by atomic mass is 19.1. The molecule has 4 nitrogen and oxygen atoms in total. The van der Waals surface area contributed by atoms with Crippen molar-refractivity contribution in [1.82, 2.24) is 9.80 Å². The van der Waals surface area contributed by atoms with Crippen molar-refractivity contribution in [3.8, 4) is 0 Å². The van der Waals surface area contributed by atoms with Gasteiger partial charge in [0.1, 0.15) is 12.0 Å². The summed E-state index contributed by atoms with van der Waals surface area (Å²) in [5.74, 6) is -0.0914. The number of piperidine rings is 1. The van der Waals surface area contributed by atoms with Gasteiger partial charge in [-0.15, -0.1) is 0 Å². The van der Waals surface area contributed by atoms with Crippen LogP contribution in [0.15, 0.2) is 0 Å². The summed E-state index contributed by atoms with van der Waals surface area (Å²) in [6, 6.07) is 0.297. The van der Waals surface area contributed by atoms with Gasteiger partial charge in [-0.2, -0.15) is 0 Å². The van der Waals surface area contributed by atoms with Crippen molar-refractivity contribution in [3.05, 3.63) is 0 Å². The maximum absolute atomic E-state index is 13.7. The monoisotopic (exact) mass is 314 g/mol. The predicted molar refractivity (Wildman–Crippen MR) is 86.5 cm³/mol. The fourth-order valence-corrected chi connectivity index (χ4v) is 3.28. The van der Waals surface area contributed by atoms with Gasteiger partial charge in [-0.3, -0.25) is 9.69 Å². The fourth-order valence-electron chi connectivity index (χ4n) is 3.28. The minimum atomic E-state index is -1.46. The van der Waals surface area contributed by atoms with Crippen molar-refractivity contribution in [1.29, 1.82) is 0 Å². The minimum Gasteiger partial charge on any atom is -0.336 e. The molecule has 5 heteroatoms. The Hall–Kier alpha value is -0.970. The van der Waals surface area contributed by atoms with Crippen molar-refractivity contribution in [2.24, 2.45) is 0 Å². The number of carbonyl (C=O) groups excluding carboxylic acids is 2. The van der Waals surface area contributed by atoms with Crippen molar-refractivity contribution in [2.45, 2.75) is 83.6 Å². The second-order valence-electron chi connectivity index (χ2n) is 7.25. The lowest BCUT2D eigenvalue weighted by atomic mass is 9.97. The lowest BCUT2D eigenvalue weighted by Gasteiger charge is -2.39. The molecule has 0 aliphatic carbocycles. The topological polar surface area (TPSA) is 40.6 Å². The van der Waals surface area contributed by atoms with Crippen molar-refractivity contribution < 1.29 is 14.0 Å². The SMILES string of the molecule is CC1CCCC(C)N1CCC(=O)N(C)C(C=O)CC(C)(C)F. The van der Waals surface area contributed by atoms with Crippen LogP contribution < -0.4 is 0 Å². The number of aldehydes is 1. The summed E-state index contributed by atoms with van der Waals surface area (Å²) in [5, 5.41) is 0. The number of likely N-dealkylation sites (N-methyl/N-ethyl adjacent to an activating group) is 1. The first-order valence-electron chi connectivity index (χ1n) is 8.31. The van der Waals surface area contributed by atoms with Crippen molar-refractivity contribution >= 4 is 12.2 Å². The lowest BCUT2D eigenvalue weighted by Crippen LogP contribution is -2.47. The van der Waals surface area contributed by atoms with Gasteiger partial charge in [0.25, 0.3) is 0 Å². The summed E-state index contributed by atoms with van der Waals surface area (Å²) >= 11 is 0. The molecule has 0 bridgehead atoms. The van der Waals surface area contributed by atoms with Gasteiger partial charge in [-0.25, -0.2) is 4.39 Å².